The first kappa shape index (κ1) is 19.9. The highest BCUT2D eigenvalue weighted by Crippen LogP contribution is 2.29. The molecule has 0 bridgehead atoms. The Morgan fingerprint density at radius 1 is 1.07 bits per heavy atom. The van der Waals surface area contributed by atoms with Gasteiger partial charge >= 0.3 is 6.03 Å². The third kappa shape index (κ3) is 3.39. The van der Waals surface area contributed by atoms with Crippen molar-refractivity contribution in [2.45, 2.75) is 26.3 Å². The molecule has 30 heavy (non-hydrogen) atoms. The van der Waals surface area contributed by atoms with E-state index >= 15 is 0 Å². The van der Waals surface area contributed by atoms with E-state index < -0.39 is 17.8 Å². The Morgan fingerprint density at radius 3 is 2.47 bits per heavy atom. The number of hydrogen-bond donors (Lipinski definition) is 1. The van der Waals surface area contributed by atoms with Crippen molar-refractivity contribution in [3.8, 4) is 0 Å². The van der Waals surface area contributed by atoms with E-state index in [1.807, 2.05) is 30.5 Å². The lowest BCUT2D eigenvalue weighted by Crippen LogP contribution is -2.54. The first-order valence-corrected chi connectivity index (χ1v) is 10.0. The summed E-state index contributed by atoms with van der Waals surface area (Å²) in [4.78, 5) is 38.9. The molecule has 2 heterocycles. The standard InChI is InChI=1S/C23H20ClN3O3/c1-3-14(2)26-13-15(18-6-4-5-7-20(18)26)12-19-21(28)25-23(30)27(22(19)29)17-10-8-16(24)9-11-17/h4-14H,3H2,1-2H3,(H,25,28,30)/b19-12+/t14-/m0/s1. The molecule has 1 aliphatic rings. The average Bonchev–Trinajstić information content (AvgIpc) is 3.10. The number of carbonyl (C=O) groups excluding carboxylic acids is 3. The number of nitrogens with one attached hydrogen (secondary N) is 1. The first-order valence-electron chi connectivity index (χ1n) is 9.67. The average molecular weight is 422 g/mol. The van der Waals surface area contributed by atoms with E-state index in [1.54, 1.807) is 30.3 Å². The molecule has 1 saturated heterocycles. The lowest BCUT2D eigenvalue weighted by Gasteiger charge is -2.26. The summed E-state index contributed by atoms with van der Waals surface area (Å²) in [6.07, 6.45) is 4.43. The zero-order valence-corrected chi connectivity index (χ0v) is 17.3. The van der Waals surface area contributed by atoms with Gasteiger partial charge in [0, 0.05) is 33.7 Å². The zero-order chi connectivity index (χ0) is 21.4. The number of hydrogen-bond acceptors (Lipinski definition) is 3. The third-order valence-corrected chi connectivity index (χ3v) is 5.58. The molecule has 0 spiro atoms. The predicted molar refractivity (Wildman–Crippen MR) is 117 cm³/mol. The number of para-hydroxylation sites is 1. The third-order valence-electron chi connectivity index (χ3n) is 5.32. The second kappa shape index (κ2) is 7.80. The molecule has 6 nitrogen and oxygen atoms in total. The zero-order valence-electron chi connectivity index (χ0n) is 16.6. The highest BCUT2D eigenvalue weighted by Gasteiger charge is 2.37. The minimum absolute atomic E-state index is 0.100. The number of rotatable bonds is 4. The smallest absolute Gasteiger partial charge is 0.335 e. The summed E-state index contributed by atoms with van der Waals surface area (Å²) in [6, 6.07) is 13.6. The monoisotopic (exact) mass is 421 g/mol. The Hall–Kier alpha value is -3.38. The number of nitrogens with zero attached hydrogens (tertiary/aromatic N) is 2. The minimum atomic E-state index is -0.786. The van der Waals surface area contributed by atoms with Crippen molar-refractivity contribution in [1.82, 2.24) is 9.88 Å². The molecule has 3 aromatic rings. The van der Waals surface area contributed by atoms with Crippen LogP contribution < -0.4 is 10.2 Å². The molecule has 1 N–H and O–H groups in total. The molecule has 2 aromatic carbocycles. The lowest BCUT2D eigenvalue weighted by atomic mass is 10.1. The Labute approximate surface area is 178 Å². The topological polar surface area (TPSA) is 71.4 Å². The lowest BCUT2D eigenvalue weighted by molar-refractivity contribution is -0.122. The molecule has 0 unspecified atom stereocenters. The molecule has 152 valence electrons. The number of benzene rings is 2. The quantitative estimate of drug-likeness (QED) is 0.479. The fourth-order valence-electron chi connectivity index (χ4n) is 3.55. The normalized spacial score (nSPS) is 17.0. The van der Waals surface area contributed by atoms with Crippen molar-refractivity contribution in [3.05, 3.63) is 70.9 Å². The van der Waals surface area contributed by atoms with Gasteiger partial charge in [0.1, 0.15) is 5.57 Å². The van der Waals surface area contributed by atoms with Gasteiger partial charge in [0.25, 0.3) is 11.8 Å². The van der Waals surface area contributed by atoms with E-state index in [9.17, 15) is 14.4 Å². The number of amides is 4. The van der Waals surface area contributed by atoms with E-state index in [1.165, 1.54) is 0 Å². The Kier molecular flexibility index (Phi) is 5.18. The second-order valence-electron chi connectivity index (χ2n) is 7.20. The van der Waals surface area contributed by atoms with Gasteiger partial charge in [-0.2, -0.15) is 0 Å². The van der Waals surface area contributed by atoms with Crippen LogP contribution in [0.25, 0.3) is 17.0 Å². The maximum absolute atomic E-state index is 13.1. The van der Waals surface area contributed by atoms with Gasteiger partial charge in [0.15, 0.2) is 0 Å². The van der Waals surface area contributed by atoms with Gasteiger partial charge in [-0.15, -0.1) is 0 Å². The van der Waals surface area contributed by atoms with Crippen molar-refractivity contribution < 1.29 is 14.4 Å². The highest BCUT2D eigenvalue weighted by molar-refractivity contribution is 6.39. The molecule has 7 heteroatoms. The number of aromatic nitrogens is 1. The van der Waals surface area contributed by atoms with Crippen molar-refractivity contribution in [3.63, 3.8) is 0 Å². The minimum Gasteiger partial charge on any atom is -0.344 e. The van der Waals surface area contributed by atoms with Gasteiger partial charge in [-0.1, -0.05) is 36.7 Å². The van der Waals surface area contributed by atoms with Gasteiger partial charge in [-0.3, -0.25) is 14.9 Å². The molecule has 1 fully saturated rings. The summed E-state index contributed by atoms with van der Waals surface area (Å²) in [5.74, 6) is -1.39. The summed E-state index contributed by atoms with van der Waals surface area (Å²) < 4.78 is 2.13. The van der Waals surface area contributed by atoms with Crippen LogP contribution in [-0.2, 0) is 9.59 Å². The van der Waals surface area contributed by atoms with Gasteiger partial charge in [-0.25, -0.2) is 9.69 Å². The van der Waals surface area contributed by atoms with Crippen molar-refractivity contribution in [2.75, 3.05) is 4.90 Å². The largest absolute Gasteiger partial charge is 0.344 e. The molecular formula is C23H20ClN3O3. The molecule has 0 aliphatic carbocycles. The molecular weight excluding hydrogens is 402 g/mol. The number of barbiturate groups is 1. The number of imide groups is 2. The molecule has 1 aliphatic heterocycles. The fourth-order valence-corrected chi connectivity index (χ4v) is 3.67. The number of anilines is 1. The van der Waals surface area contributed by atoms with Crippen LogP contribution in [0.15, 0.2) is 60.3 Å². The second-order valence-corrected chi connectivity index (χ2v) is 7.64. The van der Waals surface area contributed by atoms with Crippen LogP contribution >= 0.6 is 11.6 Å². The summed E-state index contributed by atoms with van der Waals surface area (Å²) >= 11 is 5.91. The van der Waals surface area contributed by atoms with Crippen LogP contribution in [0.4, 0.5) is 10.5 Å². The SMILES string of the molecule is CC[C@H](C)n1cc(/C=C2\C(=O)NC(=O)N(c3ccc(Cl)cc3)C2=O)c2ccccc21. The summed E-state index contributed by atoms with van der Waals surface area (Å²) in [6.45, 7) is 4.22. The molecule has 1 aromatic heterocycles. The van der Waals surface area contributed by atoms with Gasteiger partial charge in [0.05, 0.1) is 5.69 Å². The van der Waals surface area contributed by atoms with Crippen molar-refractivity contribution in [1.29, 1.82) is 0 Å². The van der Waals surface area contributed by atoms with E-state index in [4.69, 9.17) is 11.6 Å². The van der Waals surface area contributed by atoms with Crippen LogP contribution in [-0.4, -0.2) is 22.4 Å². The summed E-state index contributed by atoms with van der Waals surface area (Å²) in [5.41, 5.74) is 2.00. The summed E-state index contributed by atoms with van der Waals surface area (Å²) in [5, 5.41) is 3.66. The van der Waals surface area contributed by atoms with Crippen LogP contribution in [0, 0.1) is 0 Å². The molecule has 1 atom stereocenters. The Bertz CT molecular complexity index is 1190. The Morgan fingerprint density at radius 2 is 1.77 bits per heavy atom. The van der Waals surface area contributed by atoms with E-state index in [2.05, 4.69) is 23.7 Å². The number of fused-ring (bicyclic) bond motifs is 1. The fraction of sp³-hybridized carbons (Fsp3) is 0.174. The maximum Gasteiger partial charge on any atom is 0.335 e. The van der Waals surface area contributed by atoms with Gasteiger partial charge in [0.2, 0.25) is 0 Å². The maximum atomic E-state index is 13.1. The molecule has 4 amide bonds. The summed E-state index contributed by atoms with van der Waals surface area (Å²) in [7, 11) is 0. The molecule has 0 saturated carbocycles. The van der Waals surface area contributed by atoms with Crippen molar-refractivity contribution >= 4 is 52.1 Å². The number of urea groups is 1. The van der Waals surface area contributed by atoms with Crippen LogP contribution in [0.1, 0.15) is 31.9 Å². The molecule has 4 rings (SSSR count). The first-order chi connectivity index (χ1) is 14.4. The van der Waals surface area contributed by atoms with E-state index in [0.717, 1.165) is 27.8 Å². The predicted octanol–water partition coefficient (Wildman–Crippen LogP) is 4.93. The Balaban J connectivity index is 1.81. The molecule has 0 radical (unpaired) electrons. The van der Waals surface area contributed by atoms with Crippen LogP contribution in [0.2, 0.25) is 5.02 Å². The van der Waals surface area contributed by atoms with Crippen molar-refractivity contribution in [2.24, 2.45) is 0 Å². The van der Waals surface area contributed by atoms with Crippen LogP contribution in [0.3, 0.4) is 0 Å². The van der Waals surface area contributed by atoms with E-state index in [0.29, 0.717) is 10.7 Å². The van der Waals surface area contributed by atoms with Gasteiger partial charge < -0.3 is 4.57 Å². The number of halogens is 1. The highest BCUT2D eigenvalue weighted by atomic mass is 35.5. The number of carbonyl (C=O) groups is 3. The van der Waals surface area contributed by atoms with E-state index in [-0.39, 0.29) is 11.6 Å². The van der Waals surface area contributed by atoms with Gasteiger partial charge in [-0.05, 0) is 49.8 Å². The van der Waals surface area contributed by atoms with Crippen LogP contribution in [0.5, 0.6) is 0 Å².